The van der Waals surface area contributed by atoms with Crippen LogP contribution in [0.5, 0.6) is 0 Å². The highest BCUT2D eigenvalue weighted by atomic mass is 32.2. The van der Waals surface area contributed by atoms with Crippen molar-refractivity contribution in [2.75, 3.05) is 6.26 Å². The molecule has 19 heavy (non-hydrogen) atoms. The van der Waals surface area contributed by atoms with Crippen LogP contribution in [0.25, 0.3) is 0 Å². The van der Waals surface area contributed by atoms with Crippen LogP contribution in [0.4, 0.5) is 0 Å². The van der Waals surface area contributed by atoms with Gasteiger partial charge in [0.2, 0.25) is 5.78 Å². The van der Waals surface area contributed by atoms with E-state index in [2.05, 4.69) is 9.97 Å². The fraction of sp³-hybridized carbons (Fsp3) is 0.167. The van der Waals surface area contributed by atoms with Crippen molar-refractivity contribution in [3.63, 3.8) is 0 Å². The molecule has 0 radical (unpaired) electrons. The molecule has 0 atom stereocenters. The van der Waals surface area contributed by atoms with Crippen LogP contribution >= 0.6 is 11.8 Å². The molecule has 2 aromatic rings. The number of nitrogens with zero attached hydrogens (tertiary/aromatic N) is 2. The second-order valence-corrected chi connectivity index (χ2v) is 4.46. The highest BCUT2D eigenvalue weighted by Gasteiger charge is 2.22. The van der Waals surface area contributed by atoms with Gasteiger partial charge in [-0.3, -0.25) is 4.79 Å². The van der Waals surface area contributed by atoms with Crippen molar-refractivity contribution in [1.82, 2.24) is 9.97 Å². The summed E-state index contributed by atoms with van der Waals surface area (Å²) in [6, 6.07) is 3.01. The lowest BCUT2D eigenvalue weighted by molar-refractivity contribution is 0.0685. The minimum Gasteiger partial charge on any atom is -0.476 e. The van der Waals surface area contributed by atoms with E-state index < -0.39 is 11.8 Å². The van der Waals surface area contributed by atoms with Gasteiger partial charge in [-0.25, -0.2) is 14.8 Å². The lowest BCUT2D eigenvalue weighted by Crippen LogP contribution is -2.14. The summed E-state index contributed by atoms with van der Waals surface area (Å²) in [5.74, 6) is -0.891. The van der Waals surface area contributed by atoms with Crippen LogP contribution < -0.4 is 0 Å². The number of aromatic carboxylic acids is 1. The van der Waals surface area contributed by atoms with Crippen molar-refractivity contribution in [2.45, 2.75) is 5.75 Å². The van der Waals surface area contributed by atoms with Crippen LogP contribution in [-0.4, -0.2) is 33.1 Å². The van der Waals surface area contributed by atoms with Crippen molar-refractivity contribution < 1.29 is 19.1 Å². The van der Waals surface area contributed by atoms with Gasteiger partial charge in [-0.1, -0.05) is 0 Å². The third-order valence-corrected chi connectivity index (χ3v) is 2.85. The normalized spacial score (nSPS) is 10.4. The number of carboxylic acid groups (broad SMARTS) is 1. The summed E-state index contributed by atoms with van der Waals surface area (Å²) in [6.07, 6.45) is 4.43. The van der Waals surface area contributed by atoms with Gasteiger partial charge in [-0.05, 0) is 18.4 Å². The first kappa shape index (κ1) is 13.3. The van der Waals surface area contributed by atoms with Gasteiger partial charge < -0.3 is 9.52 Å². The topological polar surface area (TPSA) is 93.3 Å². The van der Waals surface area contributed by atoms with Gasteiger partial charge in [0.25, 0.3) is 0 Å². The summed E-state index contributed by atoms with van der Waals surface area (Å²) in [5, 5.41) is 9.12. The van der Waals surface area contributed by atoms with E-state index in [1.54, 1.807) is 6.07 Å². The molecule has 0 fully saturated rings. The molecular weight excluding hydrogens is 268 g/mol. The third-order valence-electron chi connectivity index (χ3n) is 2.30. The SMILES string of the molecule is CSCc1ncc(C(=O)c2ccco2)c(C(=O)O)n1. The summed E-state index contributed by atoms with van der Waals surface area (Å²) in [5.41, 5.74) is -0.382. The highest BCUT2D eigenvalue weighted by Crippen LogP contribution is 2.14. The molecule has 2 aromatic heterocycles. The first-order valence-electron chi connectivity index (χ1n) is 5.30. The average molecular weight is 278 g/mol. The number of rotatable bonds is 5. The van der Waals surface area contributed by atoms with Crippen LogP contribution in [0, 0.1) is 0 Å². The first-order chi connectivity index (χ1) is 9.13. The molecule has 0 aliphatic carbocycles. The molecule has 7 heteroatoms. The number of thioether (sulfide) groups is 1. The quantitative estimate of drug-likeness (QED) is 0.834. The van der Waals surface area contributed by atoms with Crippen LogP contribution in [0.1, 0.15) is 32.4 Å². The number of aromatic nitrogens is 2. The van der Waals surface area contributed by atoms with Crippen molar-refractivity contribution in [1.29, 1.82) is 0 Å². The second-order valence-electron chi connectivity index (χ2n) is 3.59. The molecule has 6 nitrogen and oxygen atoms in total. The van der Waals surface area contributed by atoms with E-state index in [9.17, 15) is 9.59 Å². The Morgan fingerprint density at radius 1 is 1.47 bits per heavy atom. The van der Waals surface area contributed by atoms with E-state index in [1.165, 1.54) is 30.3 Å². The van der Waals surface area contributed by atoms with E-state index in [4.69, 9.17) is 9.52 Å². The Bertz CT molecular complexity index is 610. The number of hydrogen-bond acceptors (Lipinski definition) is 6. The molecule has 1 N–H and O–H groups in total. The van der Waals surface area contributed by atoms with Gasteiger partial charge >= 0.3 is 5.97 Å². The predicted octanol–water partition coefficient (Wildman–Crippen LogP) is 1.86. The first-order valence-corrected chi connectivity index (χ1v) is 6.69. The lowest BCUT2D eigenvalue weighted by atomic mass is 10.1. The van der Waals surface area contributed by atoms with E-state index in [0.29, 0.717) is 11.6 Å². The van der Waals surface area contributed by atoms with E-state index in [-0.39, 0.29) is 17.0 Å². The van der Waals surface area contributed by atoms with E-state index in [1.807, 2.05) is 6.26 Å². The monoisotopic (exact) mass is 278 g/mol. The number of carboxylic acids is 1. The average Bonchev–Trinajstić information content (AvgIpc) is 2.92. The van der Waals surface area contributed by atoms with Gasteiger partial charge in [0.15, 0.2) is 11.5 Å². The second kappa shape index (κ2) is 5.66. The minimum atomic E-state index is -1.26. The van der Waals surface area contributed by atoms with Gasteiger partial charge in [0, 0.05) is 6.20 Å². The van der Waals surface area contributed by atoms with Crippen LogP contribution in [-0.2, 0) is 5.75 Å². The number of carbonyl (C=O) groups excluding carboxylic acids is 1. The molecule has 0 aliphatic heterocycles. The minimum absolute atomic E-state index is 0.0590. The maximum atomic E-state index is 12.1. The molecule has 98 valence electrons. The molecule has 0 amide bonds. The van der Waals surface area contributed by atoms with Crippen molar-refractivity contribution in [3.8, 4) is 0 Å². The van der Waals surface area contributed by atoms with Gasteiger partial charge in [-0.15, -0.1) is 0 Å². The fourth-order valence-corrected chi connectivity index (χ4v) is 1.88. The number of carbonyl (C=O) groups is 2. The number of ketones is 1. The molecule has 0 spiro atoms. The Morgan fingerprint density at radius 3 is 2.84 bits per heavy atom. The fourth-order valence-electron chi connectivity index (χ4n) is 1.49. The van der Waals surface area contributed by atoms with Crippen LogP contribution in [0.3, 0.4) is 0 Å². The third kappa shape index (κ3) is 2.82. The summed E-state index contributed by atoms with van der Waals surface area (Å²) in [6.45, 7) is 0. The van der Waals surface area contributed by atoms with Gasteiger partial charge in [-0.2, -0.15) is 11.8 Å². The van der Waals surface area contributed by atoms with E-state index in [0.717, 1.165) is 0 Å². The molecule has 0 aromatic carbocycles. The predicted molar refractivity (Wildman–Crippen MR) is 68.4 cm³/mol. The maximum absolute atomic E-state index is 12.1. The Balaban J connectivity index is 2.45. The van der Waals surface area contributed by atoms with Crippen molar-refractivity contribution >= 4 is 23.5 Å². The number of hydrogen-bond donors (Lipinski definition) is 1. The zero-order valence-corrected chi connectivity index (χ0v) is 10.8. The Hall–Kier alpha value is -2.15. The molecule has 0 unspecified atom stereocenters. The highest BCUT2D eigenvalue weighted by molar-refractivity contribution is 7.97. The molecule has 0 saturated carbocycles. The number of furan rings is 1. The molecule has 2 heterocycles. The zero-order chi connectivity index (χ0) is 13.8. The molecule has 0 saturated heterocycles. The Labute approximate surface area is 112 Å². The van der Waals surface area contributed by atoms with Gasteiger partial charge in [0.05, 0.1) is 17.6 Å². The smallest absolute Gasteiger partial charge is 0.355 e. The van der Waals surface area contributed by atoms with E-state index >= 15 is 0 Å². The Morgan fingerprint density at radius 2 is 2.26 bits per heavy atom. The summed E-state index contributed by atoms with van der Waals surface area (Å²) >= 11 is 1.47. The maximum Gasteiger partial charge on any atom is 0.355 e. The summed E-state index contributed by atoms with van der Waals surface area (Å²) in [7, 11) is 0. The molecule has 0 bridgehead atoms. The molecule has 0 aliphatic rings. The van der Waals surface area contributed by atoms with Crippen LogP contribution in [0.2, 0.25) is 0 Å². The molecule has 2 rings (SSSR count). The summed E-state index contributed by atoms with van der Waals surface area (Å²) < 4.78 is 4.96. The largest absolute Gasteiger partial charge is 0.476 e. The van der Waals surface area contributed by atoms with Crippen LogP contribution in [0.15, 0.2) is 29.0 Å². The lowest BCUT2D eigenvalue weighted by Gasteiger charge is -2.04. The molecular formula is C12H10N2O4S. The standard InChI is InChI=1S/C12H10N2O4S/c1-19-6-9-13-5-7(10(14-9)12(16)17)11(15)8-3-2-4-18-8/h2-5H,6H2,1H3,(H,16,17). The Kier molecular flexibility index (Phi) is 3.96. The van der Waals surface area contributed by atoms with Crippen molar-refractivity contribution in [2.24, 2.45) is 0 Å². The zero-order valence-electron chi connectivity index (χ0n) is 9.99. The summed E-state index contributed by atoms with van der Waals surface area (Å²) in [4.78, 5) is 31.1. The van der Waals surface area contributed by atoms with Gasteiger partial charge in [0.1, 0.15) is 5.82 Å². The van der Waals surface area contributed by atoms with Crippen molar-refractivity contribution in [3.05, 3.63) is 47.4 Å².